The van der Waals surface area contributed by atoms with Gasteiger partial charge in [0.1, 0.15) is 5.52 Å². The van der Waals surface area contributed by atoms with Crippen molar-refractivity contribution in [3.63, 3.8) is 0 Å². The average molecular weight is 244 g/mol. The molecule has 1 aliphatic rings. The van der Waals surface area contributed by atoms with E-state index in [0.717, 1.165) is 17.0 Å². The molecular weight excluding hydrogens is 224 g/mol. The number of hydrogen-bond acceptors (Lipinski definition) is 3. The molecule has 1 saturated carbocycles. The monoisotopic (exact) mass is 244 g/mol. The van der Waals surface area contributed by atoms with E-state index in [4.69, 9.17) is 0 Å². The Morgan fingerprint density at radius 1 is 1.44 bits per heavy atom. The zero-order valence-electron chi connectivity index (χ0n) is 11.4. The van der Waals surface area contributed by atoms with Crippen molar-refractivity contribution < 1.29 is 0 Å². The van der Waals surface area contributed by atoms with Crippen LogP contribution in [0.5, 0.6) is 0 Å². The van der Waals surface area contributed by atoms with Crippen molar-refractivity contribution in [2.24, 2.45) is 5.41 Å². The number of nitrogens with one attached hydrogen (secondary N) is 1. The molecule has 0 aromatic carbocycles. The number of anilines is 1. The van der Waals surface area contributed by atoms with E-state index in [1.807, 2.05) is 16.9 Å². The summed E-state index contributed by atoms with van der Waals surface area (Å²) in [5.41, 5.74) is 2.58. The lowest BCUT2D eigenvalue weighted by molar-refractivity contribution is 0.630. The molecule has 1 unspecified atom stereocenters. The van der Waals surface area contributed by atoms with Crippen LogP contribution in [0.1, 0.15) is 45.7 Å². The van der Waals surface area contributed by atoms with Crippen molar-refractivity contribution in [3.05, 3.63) is 24.2 Å². The molecule has 4 heteroatoms. The lowest BCUT2D eigenvalue weighted by atomic mass is 10.1. The van der Waals surface area contributed by atoms with Crippen LogP contribution < -0.4 is 5.32 Å². The summed E-state index contributed by atoms with van der Waals surface area (Å²) in [5, 5.41) is 8.10. The van der Waals surface area contributed by atoms with Crippen LogP contribution in [0, 0.1) is 5.41 Å². The summed E-state index contributed by atoms with van der Waals surface area (Å²) < 4.78 is 1.92. The number of aromatic nitrogens is 3. The molecule has 96 valence electrons. The van der Waals surface area contributed by atoms with E-state index < -0.39 is 0 Å². The van der Waals surface area contributed by atoms with Crippen molar-refractivity contribution in [2.45, 2.75) is 46.1 Å². The molecule has 4 nitrogen and oxygen atoms in total. The first-order valence-electron chi connectivity index (χ1n) is 6.58. The molecular formula is C14H20N4. The molecule has 3 rings (SSSR count). The van der Waals surface area contributed by atoms with Crippen molar-refractivity contribution in [1.82, 2.24) is 14.6 Å². The van der Waals surface area contributed by atoms with Crippen LogP contribution in [0.15, 0.2) is 18.5 Å². The van der Waals surface area contributed by atoms with Crippen molar-refractivity contribution in [1.29, 1.82) is 0 Å². The SMILES string of the molecule is CC(C)c1cc2c(NC3CC3(C)C)nccn2n1. The highest BCUT2D eigenvalue weighted by atomic mass is 15.2. The Morgan fingerprint density at radius 3 is 2.78 bits per heavy atom. The van der Waals surface area contributed by atoms with Gasteiger partial charge in [-0.15, -0.1) is 0 Å². The molecule has 18 heavy (non-hydrogen) atoms. The van der Waals surface area contributed by atoms with E-state index in [9.17, 15) is 0 Å². The van der Waals surface area contributed by atoms with Gasteiger partial charge in [0.15, 0.2) is 5.82 Å². The summed E-state index contributed by atoms with van der Waals surface area (Å²) in [6, 6.07) is 2.67. The van der Waals surface area contributed by atoms with Gasteiger partial charge in [-0.25, -0.2) is 9.50 Å². The Hall–Kier alpha value is -1.58. The second kappa shape index (κ2) is 3.70. The molecule has 0 bridgehead atoms. The first-order valence-corrected chi connectivity index (χ1v) is 6.58. The maximum absolute atomic E-state index is 4.57. The third kappa shape index (κ3) is 1.85. The highest BCUT2D eigenvalue weighted by Crippen LogP contribution is 2.46. The first-order chi connectivity index (χ1) is 8.47. The molecule has 0 radical (unpaired) electrons. The molecule has 0 spiro atoms. The highest BCUT2D eigenvalue weighted by molar-refractivity contribution is 5.68. The molecule has 1 fully saturated rings. The Labute approximate surface area is 107 Å². The van der Waals surface area contributed by atoms with Crippen LogP contribution in [0.2, 0.25) is 0 Å². The summed E-state index contributed by atoms with van der Waals surface area (Å²) in [6.45, 7) is 8.88. The van der Waals surface area contributed by atoms with Gasteiger partial charge in [-0.3, -0.25) is 0 Å². The molecule has 0 aliphatic heterocycles. The Kier molecular flexibility index (Phi) is 2.37. The minimum absolute atomic E-state index is 0.398. The summed E-state index contributed by atoms with van der Waals surface area (Å²) in [6.07, 6.45) is 4.92. The third-order valence-electron chi connectivity index (χ3n) is 3.82. The third-order valence-corrected chi connectivity index (χ3v) is 3.82. The Balaban J connectivity index is 1.96. The molecule has 1 atom stereocenters. The number of fused-ring (bicyclic) bond motifs is 1. The summed E-state index contributed by atoms with van der Waals surface area (Å²) >= 11 is 0. The lowest BCUT2D eigenvalue weighted by Gasteiger charge is -2.08. The molecule has 0 amide bonds. The molecule has 1 aliphatic carbocycles. The topological polar surface area (TPSA) is 42.2 Å². The quantitative estimate of drug-likeness (QED) is 0.902. The standard InChI is InChI=1S/C14H20N4/c1-9(2)10-7-11-13(15-5-6-18(11)17-10)16-12-8-14(12,3)4/h5-7,9,12H,8H2,1-4H3,(H,15,16). The van der Waals surface area contributed by atoms with E-state index in [0.29, 0.717) is 17.4 Å². The van der Waals surface area contributed by atoms with Gasteiger partial charge in [0.2, 0.25) is 0 Å². The van der Waals surface area contributed by atoms with Gasteiger partial charge in [0.25, 0.3) is 0 Å². The first kappa shape index (κ1) is 11.5. The predicted octanol–water partition coefficient (Wildman–Crippen LogP) is 3.06. The fourth-order valence-electron chi connectivity index (χ4n) is 2.21. The van der Waals surface area contributed by atoms with Gasteiger partial charge < -0.3 is 5.32 Å². The van der Waals surface area contributed by atoms with Gasteiger partial charge in [-0.1, -0.05) is 27.7 Å². The minimum atomic E-state index is 0.398. The van der Waals surface area contributed by atoms with Crippen molar-refractivity contribution in [3.8, 4) is 0 Å². The van der Waals surface area contributed by atoms with E-state index in [-0.39, 0.29) is 0 Å². The van der Waals surface area contributed by atoms with Crippen LogP contribution in [-0.2, 0) is 0 Å². The van der Waals surface area contributed by atoms with Gasteiger partial charge >= 0.3 is 0 Å². The second-order valence-electron chi connectivity index (χ2n) is 6.22. The van der Waals surface area contributed by atoms with Crippen LogP contribution >= 0.6 is 0 Å². The lowest BCUT2D eigenvalue weighted by Crippen LogP contribution is -2.10. The van der Waals surface area contributed by atoms with Gasteiger partial charge in [0, 0.05) is 18.4 Å². The molecule has 2 aromatic heterocycles. The maximum Gasteiger partial charge on any atom is 0.152 e. The highest BCUT2D eigenvalue weighted by Gasteiger charge is 2.46. The number of nitrogens with zero attached hydrogens (tertiary/aromatic N) is 3. The zero-order valence-corrected chi connectivity index (χ0v) is 11.4. The van der Waals surface area contributed by atoms with Gasteiger partial charge in [-0.2, -0.15) is 5.10 Å². The smallest absolute Gasteiger partial charge is 0.152 e. The minimum Gasteiger partial charge on any atom is -0.365 e. The fourth-order valence-corrected chi connectivity index (χ4v) is 2.21. The van der Waals surface area contributed by atoms with E-state index >= 15 is 0 Å². The molecule has 0 saturated heterocycles. The largest absolute Gasteiger partial charge is 0.365 e. The summed E-state index contributed by atoms with van der Waals surface area (Å²) in [4.78, 5) is 4.45. The van der Waals surface area contributed by atoms with E-state index in [1.165, 1.54) is 6.42 Å². The van der Waals surface area contributed by atoms with Crippen LogP contribution in [0.4, 0.5) is 5.82 Å². The Bertz CT molecular complexity index is 582. The van der Waals surface area contributed by atoms with E-state index in [1.54, 1.807) is 0 Å². The number of hydrogen-bond donors (Lipinski definition) is 1. The normalized spacial score (nSPS) is 21.5. The summed E-state index contributed by atoms with van der Waals surface area (Å²) in [7, 11) is 0. The van der Waals surface area contributed by atoms with E-state index in [2.05, 4.69) is 49.2 Å². The second-order valence-corrected chi connectivity index (χ2v) is 6.22. The fraction of sp³-hybridized carbons (Fsp3) is 0.571. The summed E-state index contributed by atoms with van der Waals surface area (Å²) in [5.74, 6) is 1.39. The van der Waals surface area contributed by atoms with Crippen LogP contribution in [0.25, 0.3) is 5.52 Å². The molecule has 2 aromatic rings. The van der Waals surface area contributed by atoms with Crippen molar-refractivity contribution >= 4 is 11.3 Å². The van der Waals surface area contributed by atoms with Crippen LogP contribution in [-0.4, -0.2) is 20.6 Å². The Morgan fingerprint density at radius 2 is 2.17 bits per heavy atom. The molecule has 1 N–H and O–H groups in total. The predicted molar refractivity (Wildman–Crippen MR) is 72.9 cm³/mol. The molecule has 2 heterocycles. The number of rotatable bonds is 3. The van der Waals surface area contributed by atoms with Crippen molar-refractivity contribution in [2.75, 3.05) is 5.32 Å². The maximum atomic E-state index is 4.57. The average Bonchev–Trinajstić information content (AvgIpc) is 2.76. The van der Waals surface area contributed by atoms with Gasteiger partial charge in [0.05, 0.1) is 5.69 Å². The van der Waals surface area contributed by atoms with Crippen LogP contribution in [0.3, 0.4) is 0 Å². The zero-order chi connectivity index (χ0) is 12.9. The van der Waals surface area contributed by atoms with Gasteiger partial charge in [-0.05, 0) is 23.8 Å².